The summed E-state index contributed by atoms with van der Waals surface area (Å²) in [5.41, 5.74) is 6.45. The summed E-state index contributed by atoms with van der Waals surface area (Å²) in [6.07, 6.45) is 10.4. The first kappa shape index (κ1) is 52.2. The smallest absolute Gasteiger partial charge is 0.438 e. The van der Waals surface area contributed by atoms with Gasteiger partial charge in [-0.05, 0) is 64.7 Å². The molecule has 4 aromatic carbocycles. The van der Waals surface area contributed by atoms with Crippen LogP contribution >= 0.6 is 0 Å². The van der Waals surface area contributed by atoms with Gasteiger partial charge in [0, 0.05) is 38.3 Å². The zero-order chi connectivity index (χ0) is 49.0. The summed E-state index contributed by atoms with van der Waals surface area (Å²) in [7, 11) is 5.56. The van der Waals surface area contributed by atoms with Crippen molar-refractivity contribution in [1.29, 1.82) is 0 Å². The molecule has 67 heavy (non-hydrogen) atoms. The maximum Gasteiger partial charge on any atom is 0.438 e. The average molecular weight is 921 g/mol. The van der Waals surface area contributed by atoms with Crippen molar-refractivity contribution in [3.05, 3.63) is 102 Å². The van der Waals surface area contributed by atoms with Crippen LogP contribution in [-0.2, 0) is 43.5 Å². The first-order chi connectivity index (χ1) is 32.4. The number of methoxy groups -OCH3 is 3. The molecule has 0 spiro atoms. The van der Waals surface area contributed by atoms with Gasteiger partial charge < -0.3 is 44.0 Å². The summed E-state index contributed by atoms with van der Waals surface area (Å²) < 4.78 is 35.2. The number of H-pyrrole nitrogens is 2. The molecule has 0 aliphatic carbocycles. The van der Waals surface area contributed by atoms with Crippen molar-refractivity contribution in [2.45, 2.75) is 72.7 Å². The lowest BCUT2D eigenvalue weighted by atomic mass is 9.92. The van der Waals surface area contributed by atoms with Crippen LogP contribution in [-0.4, -0.2) is 107 Å². The molecular weight excluding hydrogens is 860 g/mol. The molecule has 0 saturated carbocycles. The van der Waals surface area contributed by atoms with Crippen molar-refractivity contribution in [3.8, 4) is 41.0 Å². The highest BCUT2D eigenvalue weighted by atomic mass is 19.2. The second kappa shape index (κ2) is 25.9. The van der Waals surface area contributed by atoms with Gasteiger partial charge in [0.05, 0.1) is 50.2 Å². The minimum Gasteiger partial charge on any atom is -0.488 e. The number of alkyl carbamates (subject to hydrolysis) is 1. The number of aromatic amines is 2. The lowest BCUT2D eigenvalue weighted by Crippen LogP contribution is -2.42. The van der Waals surface area contributed by atoms with E-state index >= 15 is 4.48 Å². The topological polar surface area (TPSA) is 184 Å². The molecule has 3 N–H and O–H groups in total. The molecule has 1 aliphatic heterocycles. The van der Waals surface area contributed by atoms with E-state index in [1.807, 2.05) is 38.1 Å². The van der Waals surface area contributed by atoms with Gasteiger partial charge in [-0.2, -0.15) is 0 Å². The molecule has 1 aliphatic rings. The molecule has 0 fully saturated rings. The van der Waals surface area contributed by atoms with E-state index in [4.69, 9.17) is 9.72 Å². The van der Waals surface area contributed by atoms with E-state index in [1.165, 1.54) is 18.4 Å². The number of nitrogens with zero attached hydrogens (tertiary/aromatic N) is 5. The number of rotatable bonds is 14. The number of carbonyl (C=O) groups excluding carboxylic acids is 4. The van der Waals surface area contributed by atoms with Gasteiger partial charge in [0.25, 0.3) is 5.91 Å². The predicted molar refractivity (Wildman–Crippen MR) is 256 cm³/mol. The summed E-state index contributed by atoms with van der Waals surface area (Å²) in [4.78, 5) is 69.7. The molecular formula is C50H61FN8O8. The van der Waals surface area contributed by atoms with E-state index < -0.39 is 24.1 Å². The number of imidazole rings is 2. The number of hydrogen-bond donors (Lipinski definition) is 3. The second-order valence-electron chi connectivity index (χ2n) is 15.2. The highest BCUT2D eigenvalue weighted by Gasteiger charge is 2.36. The molecule has 17 heteroatoms. The highest BCUT2D eigenvalue weighted by molar-refractivity contribution is 6.07. The van der Waals surface area contributed by atoms with Crippen LogP contribution in [0.15, 0.2) is 79.0 Å². The van der Waals surface area contributed by atoms with Crippen LogP contribution in [0.2, 0.25) is 0 Å². The van der Waals surface area contributed by atoms with Crippen molar-refractivity contribution in [3.63, 3.8) is 0 Å². The SMILES string of the molecule is C#C.CCC.CCCN(Cc1ncc(-c2ccc3c(c2)COc2cc4c(ccc5[nH]c(CN(CCC)C(=O)[C@@H](c6ccccc6)N(F)C(=O)OC)nc54)cc2-3)[nH]1)C(=O)CNC(=O)OC.COC. The van der Waals surface area contributed by atoms with E-state index in [2.05, 4.69) is 79.4 Å². The van der Waals surface area contributed by atoms with Gasteiger partial charge >= 0.3 is 12.2 Å². The summed E-state index contributed by atoms with van der Waals surface area (Å²) in [6, 6.07) is 20.9. The molecule has 1 atom stereocenters. The minimum absolute atomic E-state index is 0.0554. The van der Waals surface area contributed by atoms with Crippen molar-refractivity contribution in [2.75, 3.05) is 48.1 Å². The predicted octanol–water partition coefficient (Wildman–Crippen LogP) is 9.12. The molecule has 7 rings (SSSR count). The Morgan fingerprint density at radius 2 is 1.51 bits per heavy atom. The number of aromatic nitrogens is 4. The van der Waals surface area contributed by atoms with E-state index in [1.54, 1.807) is 55.6 Å². The van der Waals surface area contributed by atoms with Gasteiger partial charge in [-0.25, -0.2) is 19.6 Å². The fraction of sp³-hybridized carbons (Fsp3) is 0.360. The number of halogens is 1. The zero-order valence-electron chi connectivity index (χ0n) is 39.5. The van der Waals surface area contributed by atoms with Gasteiger partial charge in [0.2, 0.25) is 5.91 Å². The average Bonchev–Trinajstić information content (AvgIpc) is 4.00. The molecule has 2 aromatic heterocycles. The summed E-state index contributed by atoms with van der Waals surface area (Å²) in [5, 5.41) is 4.07. The molecule has 356 valence electrons. The Balaban J connectivity index is 0.00000115. The summed E-state index contributed by atoms with van der Waals surface area (Å²) in [6.45, 7) is 9.42. The maximum atomic E-state index is 15.4. The maximum absolute atomic E-state index is 15.4. The number of amides is 4. The largest absolute Gasteiger partial charge is 0.488 e. The number of carbonyl (C=O) groups is 4. The van der Waals surface area contributed by atoms with Crippen molar-refractivity contribution >= 4 is 45.8 Å². The van der Waals surface area contributed by atoms with E-state index in [9.17, 15) is 19.2 Å². The van der Waals surface area contributed by atoms with Crippen LogP contribution in [0, 0.1) is 12.8 Å². The molecule has 4 amide bonds. The van der Waals surface area contributed by atoms with Crippen molar-refractivity contribution in [1.82, 2.24) is 40.2 Å². The van der Waals surface area contributed by atoms with Crippen LogP contribution in [0.1, 0.15) is 75.8 Å². The minimum atomic E-state index is -1.54. The highest BCUT2D eigenvalue weighted by Crippen LogP contribution is 2.42. The standard InChI is InChI=1S/C43H45FN8O7.C3H8.C2H6O.C2H2/c1-5-16-50(38(53)22-46-42(55)57-3)23-36-45-21-34(48-36)28-12-14-30-29(18-28)25-59-35-20-31-27(19-32(30)35)13-15-33-39(31)49-37(47-33)24-51(17-6-2)41(54)40(52(44)43(56)58-4)26-10-8-7-9-11-26;2*1-3-2;1-2/h7-15,18-21,40H,5-6,16-17,22-25H2,1-4H3,(H,45,48)(H,46,55)(H,47,49);3H2,1-2H3;1-2H3;1-2H/t40-;;;/m1.../s1. The number of hydrogen-bond acceptors (Lipinski definition) is 10. The number of benzene rings is 4. The number of terminal acetylenes is 1. The first-order valence-electron chi connectivity index (χ1n) is 21.9. The fourth-order valence-electron chi connectivity index (χ4n) is 7.33. The molecule has 6 aromatic rings. The van der Waals surface area contributed by atoms with Crippen molar-refractivity contribution < 1.29 is 42.6 Å². The Labute approximate surface area is 391 Å². The molecule has 0 unspecified atom stereocenters. The Kier molecular flexibility index (Phi) is 20.2. The van der Waals surface area contributed by atoms with Crippen LogP contribution in [0.25, 0.3) is 44.2 Å². The number of nitrogens with one attached hydrogen (secondary N) is 3. The van der Waals surface area contributed by atoms with Crippen LogP contribution in [0.3, 0.4) is 0 Å². The molecule has 0 saturated heterocycles. The van der Waals surface area contributed by atoms with Crippen LogP contribution < -0.4 is 10.1 Å². The second-order valence-corrected chi connectivity index (χ2v) is 15.2. The van der Waals surface area contributed by atoms with Crippen LogP contribution in [0.5, 0.6) is 5.75 Å². The van der Waals surface area contributed by atoms with E-state index in [0.29, 0.717) is 54.6 Å². The summed E-state index contributed by atoms with van der Waals surface area (Å²) in [5.74, 6) is 0.978. The van der Waals surface area contributed by atoms with Crippen molar-refractivity contribution in [2.24, 2.45) is 0 Å². The lowest BCUT2D eigenvalue weighted by molar-refractivity contribution is -0.144. The van der Waals surface area contributed by atoms with Crippen LogP contribution in [0.4, 0.5) is 14.1 Å². The normalized spacial score (nSPS) is 11.3. The molecule has 3 heterocycles. The Morgan fingerprint density at radius 3 is 2.16 bits per heavy atom. The monoisotopic (exact) mass is 920 g/mol. The fourth-order valence-corrected chi connectivity index (χ4v) is 7.33. The van der Waals surface area contributed by atoms with Gasteiger partial charge in [-0.1, -0.05) is 87.1 Å². The third-order valence-corrected chi connectivity index (χ3v) is 10.2. The third-order valence-electron chi connectivity index (χ3n) is 10.2. The lowest BCUT2D eigenvalue weighted by Gasteiger charge is -2.29. The van der Waals surface area contributed by atoms with Gasteiger partial charge in [-0.15, -0.1) is 18.0 Å². The van der Waals surface area contributed by atoms with Gasteiger partial charge in [0.15, 0.2) is 6.04 Å². The first-order valence-corrected chi connectivity index (χ1v) is 21.9. The Morgan fingerprint density at radius 1 is 0.836 bits per heavy atom. The Bertz CT molecular complexity index is 2590. The molecule has 0 bridgehead atoms. The quantitative estimate of drug-likeness (QED) is 0.0703. The third kappa shape index (κ3) is 13.1. The molecule has 0 radical (unpaired) electrons. The number of ether oxygens (including phenoxy) is 4. The van der Waals surface area contributed by atoms with Gasteiger partial charge in [-0.3, -0.25) is 9.59 Å². The van der Waals surface area contributed by atoms with Gasteiger partial charge in [0.1, 0.15) is 30.5 Å². The van der Waals surface area contributed by atoms with E-state index in [0.717, 1.165) is 57.8 Å². The zero-order valence-corrected chi connectivity index (χ0v) is 39.5. The van der Waals surface area contributed by atoms with E-state index in [-0.39, 0.29) is 30.7 Å². The Hall–Kier alpha value is -7.45. The number of fused-ring (bicyclic) bond motifs is 6. The molecule has 16 nitrogen and oxygen atoms in total. The summed E-state index contributed by atoms with van der Waals surface area (Å²) >= 11 is 0.